The van der Waals surface area contributed by atoms with E-state index in [-0.39, 0.29) is 11.6 Å². The molecule has 1 saturated heterocycles. The second-order valence-corrected chi connectivity index (χ2v) is 6.78. The fourth-order valence-electron chi connectivity index (χ4n) is 3.38. The third-order valence-electron chi connectivity index (χ3n) is 4.85. The van der Waals surface area contributed by atoms with Crippen LogP contribution in [0.4, 0.5) is 4.79 Å². The number of piperidine rings is 1. The summed E-state index contributed by atoms with van der Waals surface area (Å²) in [7, 11) is 2.14. The third kappa shape index (κ3) is 3.61. The minimum Gasteiger partial charge on any atom is -0.485 e. The van der Waals surface area contributed by atoms with Crippen molar-refractivity contribution < 1.29 is 9.53 Å². The predicted octanol–water partition coefficient (Wildman–Crippen LogP) is 2.47. The van der Waals surface area contributed by atoms with Crippen LogP contribution in [0.1, 0.15) is 31.7 Å². The van der Waals surface area contributed by atoms with Crippen molar-refractivity contribution in [3.8, 4) is 5.75 Å². The van der Waals surface area contributed by atoms with Crippen LogP contribution in [0.15, 0.2) is 24.3 Å². The van der Waals surface area contributed by atoms with Gasteiger partial charge in [0.1, 0.15) is 11.4 Å². The van der Waals surface area contributed by atoms with Gasteiger partial charge in [0.25, 0.3) is 0 Å². The average molecular weight is 317 g/mol. The highest BCUT2D eigenvalue weighted by atomic mass is 16.5. The van der Waals surface area contributed by atoms with Crippen LogP contribution in [0.5, 0.6) is 5.75 Å². The highest BCUT2D eigenvalue weighted by Gasteiger charge is 2.41. The SMILES string of the molecule is CCCNC(=O)N1Cc2ccccc2OC2(CCN(C)CC2)C1. The van der Waals surface area contributed by atoms with Crippen molar-refractivity contribution in [1.29, 1.82) is 0 Å². The van der Waals surface area contributed by atoms with Crippen LogP contribution in [-0.4, -0.2) is 54.7 Å². The molecule has 1 N–H and O–H groups in total. The molecule has 2 heterocycles. The number of urea groups is 1. The molecule has 2 amide bonds. The van der Waals surface area contributed by atoms with Crippen LogP contribution in [0, 0.1) is 0 Å². The maximum atomic E-state index is 12.6. The summed E-state index contributed by atoms with van der Waals surface area (Å²) in [6.45, 7) is 6.07. The molecule has 3 rings (SSSR count). The first-order valence-electron chi connectivity index (χ1n) is 8.60. The van der Waals surface area contributed by atoms with Crippen molar-refractivity contribution in [3.05, 3.63) is 29.8 Å². The summed E-state index contributed by atoms with van der Waals surface area (Å²) in [5, 5.41) is 3.01. The topological polar surface area (TPSA) is 44.8 Å². The fraction of sp³-hybridized carbons (Fsp3) is 0.611. The Labute approximate surface area is 138 Å². The van der Waals surface area contributed by atoms with E-state index in [2.05, 4.69) is 30.3 Å². The van der Waals surface area contributed by atoms with Crippen molar-refractivity contribution in [1.82, 2.24) is 15.1 Å². The van der Waals surface area contributed by atoms with Crippen LogP contribution >= 0.6 is 0 Å². The molecule has 5 nitrogen and oxygen atoms in total. The smallest absolute Gasteiger partial charge is 0.317 e. The lowest BCUT2D eigenvalue weighted by molar-refractivity contribution is -0.00565. The van der Waals surface area contributed by atoms with Gasteiger partial charge in [0.05, 0.1) is 13.1 Å². The third-order valence-corrected chi connectivity index (χ3v) is 4.85. The van der Waals surface area contributed by atoms with E-state index in [0.29, 0.717) is 19.6 Å². The standard InChI is InChI=1S/C18H27N3O2/c1-3-10-19-17(22)21-13-15-6-4-5-7-16(15)23-18(14-21)8-11-20(2)12-9-18/h4-7H,3,8-14H2,1-2H3,(H,19,22). The van der Waals surface area contributed by atoms with Gasteiger partial charge in [-0.3, -0.25) is 0 Å². The average Bonchev–Trinajstić information content (AvgIpc) is 2.72. The Kier molecular flexibility index (Phi) is 4.76. The molecule has 23 heavy (non-hydrogen) atoms. The summed E-state index contributed by atoms with van der Waals surface area (Å²) in [6, 6.07) is 8.13. The van der Waals surface area contributed by atoms with E-state index >= 15 is 0 Å². The molecule has 126 valence electrons. The van der Waals surface area contributed by atoms with E-state index in [9.17, 15) is 4.79 Å². The second kappa shape index (κ2) is 6.79. The predicted molar refractivity (Wildman–Crippen MR) is 90.6 cm³/mol. The highest BCUT2D eigenvalue weighted by molar-refractivity contribution is 5.74. The molecule has 0 atom stereocenters. The number of nitrogens with zero attached hydrogens (tertiary/aromatic N) is 2. The van der Waals surface area contributed by atoms with E-state index < -0.39 is 0 Å². The van der Waals surface area contributed by atoms with Crippen LogP contribution in [0.3, 0.4) is 0 Å². The zero-order chi connectivity index (χ0) is 16.3. The van der Waals surface area contributed by atoms with Gasteiger partial charge in [-0.2, -0.15) is 0 Å². The minimum absolute atomic E-state index is 0.0189. The Morgan fingerprint density at radius 1 is 1.30 bits per heavy atom. The zero-order valence-corrected chi connectivity index (χ0v) is 14.2. The number of para-hydroxylation sites is 1. The highest BCUT2D eigenvalue weighted by Crippen LogP contribution is 2.35. The number of likely N-dealkylation sites (tertiary alicyclic amines) is 1. The van der Waals surface area contributed by atoms with Crippen molar-refractivity contribution in [3.63, 3.8) is 0 Å². The van der Waals surface area contributed by atoms with Crippen LogP contribution in [-0.2, 0) is 6.54 Å². The molecule has 1 fully saturated rings. The van der Waals surface area contributed by atoms with Gasteiger partial charge >= 0.3 is 6.03 Å². The number of carbonyl (C=O) groups excluding carboxylic acids is 1. The quantitative estimate of drug-likeness (QED) is 0.911. The summed E-state index contributed by atoms with van der Waals surface area (Å²) in [5.74, 6) is 0.933. The molecule has 1 aromatic rings. The first-order chi connectivity index (χ1) is 11.1. The Bertz CT molecular complexity index is 553. The van der Waals surface area contributed by atoms with E-state index in [1.54, 1.807) is 0 Å². The van der Waals surface area contributed by atoms with E-state index in [0.717, 1.165) is 43.7 Å². The molecular weight excluding hydrogens is 290 g/mol. The summed E-state index contributed by atoms with van der Waals surface area (Å²) in [6.07, 6.45) is 2.85. The van der Waals surface area contributed by atoms with E-state index in [4.69, 9.17) is 4.74 Å². The molecule has 0 saturated carbocycles. The summed E-state index contributed by atoms with van der Waals surface area (Å²) < 4.78 is 6.47. The molecule has 0 aliphatic carbocycles. The minimum atomic E-state index is -0.261. The van der Waals surface area contributed by atoms with Gasteiger partial charge < -0.3 is 19.9 Å². The van der Waals surface area contributed by atoms with Gasteiger partial charge in [-0.15, -0.1) is 0 Å². The van der Waals surface area contributed by atoms with Crippen LogP contribution in [0.25, 0.3) is 0 Å². The van der Waals surface area contributed by atoms with Crippen molar-refractivity contribution in [2.75, 3.05) is 33.2 Å². The number of hydrogen-bond acceptors (Lipinski definition) is 3. The molecule has 1 aromatic carbocycles. The number of fused-ring (bicyclic) bond motifs is 1. The molecule has 0 aromatic heterocycles. The van der Waals surface area contributed by atoms with Gasteiger partial charge in [-0.25, -0.2) is 4.79 Å². The molecule has 2 aliphatic rings. The Balaban J connectivity index is 1.85. The lowest BCUT2D eigenvalue weighted by atomic mass is 9.90. The maximum absolute atomic E-state index is 12.6. The normalized spacial score (nSPS) is 20.5. The van der Waals surface area contributed by atoms with Gasteiger partial charge in [0.2, 0.25) is 0 Å². The number of amides is 2. The van der Waals surface area contributed by atoms with Crippen molar-refractivity contribution in [2.45, 2.75) is 38.3 Å². The zero-order valence-electron chi connectivity index (χ0n) is 14.2. The number of nitrogens with one attached hydrogen (secondary N) is 1. The molecule has 0 unspecified atom stereocenters. The van der Waals surface area contributed by atoms with E-state index in [1.807, 2.05) is 23.1 Å². The Morgan fingerprint density at radius 2 is 2.04 bits per heavy atom. The monoisotopic (exact) mass is 317 g/mol. The number of carbonyl (C=O) groups is 1. The van der Waals surface area contributed by atoms with Crippen LogP contribution < -0.4 is 10.1 Å². The lowest BCUT2D eigenvalue weighted by Gasteiger charge is -2.41. The maximum Gasteiger partial charge on any atom is 0.317 e. The number of hydrogen-bond donors (Lipinski definition) is 1. The van der Waals surface area contributed by atoms with Crippen LogP contribution in [0.2, 0.25) is 0 Å². The second-order valence-electron chi connectivity index (χ2n) is 6.78. The fourth-order valence-corrected chi connectivity index (χ4v) is 3.38. The number of benzene rings is 1. The van der Waals surface area contributed by atoms with Gasteiger partial charge in [-0.05, 0) is 19.5 Å². The molecule has 5 heteroatoms. The Hall–Kier alpha value is -1.75. The largest absolute Gasteiger partial charge is 0.485 e. The lowest BCUT2D eigenvalue weighted by Crippen LogP contribution is -2.54. The number of ether oxygens (including phenoxy) is 1. The molecule has 0 bridgehead atoms. The Morgan fingerprint density at radius 3 is 2.78 bits per heavy atom. The molecule has 1 spiro atoms. The van der Waals surface area contributed by atoms with E-state index in [1.165, 1.54) is 0 Å². The molecule has 0 radical (unpaired) electrons. The molecular formula is C18H27N3O2. The number of rotatable bonds is 2. The van der Waals surface area contributed by atoms with Gasteiger partial charge in [0, 0.05) is 38.0 Å². The van der Waals surface area contributed by atoms with Gasteiger partial charge in [0.15, 0.2) is 0 Å². The van der Waals surface area contributed by atoms with Crippen molar-refractivity contribution in [2.24, 2.45) is 0 Å². The summed E-state index contributed by atoms with van der Waals surface area (Å²) >= 11 is 0. The first-order valence-corrected chi connectivity index (χ1v) is 8.60. The molecule has 2 aliphatic heterocycles. The summed E-state index contributed by atoms with van der Waals surface area (Å²) in [4.78, 5) is 16.8. The van der Waals surface area contributed by atoms with Gasteiger partial charge in [-0.1, -0.05) is 25.1 Å². The summed E-state index contributed by atoms with van der Waals surface area (Å²) in [5.41, 5.74) is 0.831. The first kappa shape index (κ1) is 16.1. The van der Waals surface area contributed by atoms with Crippen molar-refractivity contribution >= 4 is 6.03 Å².